The second kappa shape index (κ2) is 4.77. The first-order valence-corrected chi connectivity index (χ1v) is 5.80. The van der Waals surface area contributed by atoms with Gasteiger partial charge in [-0.2, -0.15) is 16.6 Å². The van der Waals surface area contributed by atoms with Crippen LogP contribution in [0.25, 0.3) is 0 Å². The molecule has 0 saturated carbocycles. The first-order valence-electron chi connectivity index (χ1n) is 4.86. The first kappa shape index (κ1) is 9.95. The van der Waals surface area contributed by atoms with E-state index in [2.05, 4.69) is 22.9 Å². The Hall–Kier alpha value is -1.59. The van der Waals surface area contributed by atoms with Gasteiger partial charge in [0.15, 0.2) is 0 Å². The molecule has 1 aromatic carbocycles. The summed E-state index contributed by atoms with van der Waals surface area (Å²) in [6.45, 7) is 0. The van der Waals surface area contributed by atoms with Gasteiger partial charge in [0.1, 0.15) is 0 Å². The van der Waals surface area contributed by atoms with Crippen LogP contribution in [-0.2, 0) is 6.42 Å². The minimum Gasteiger partial charge on any atom is -0.198 e. The van der Waals surface area contributed by atoms with Crippen molar-refractivity contribution in [1.82, 2.24) is 0 Å². The van der Waals surface area contributed by atoms with Crippen LogP contribution in [0.3, 0.4) is 0 Å². The highest BCUT2D eigenvalue weighted by Crippen LogP contribution is 2.21. The summed E-state index contributed by atoms with van der Waals surface area (Å²) < 4.78 is 0. The van der Waals surface area contributed by atoms with E-state index in [1.165, 1.54) is 5.56 Å². The molecule has 1 nitrogen and oxygen atoms in total. The molecule has 2 rings (SSSR count). The summed E-state index contributed by atoms with van der Waals surface area (Å²) in [4.78, 5) is 0. The number of thiophene rings is 1. The van der Waals surface area contributed by atoms with E-state index in [1.54, 1.807) is 11.3 Å². The van der Waals surface area contributed by atoms with Crippen molar-refractivity contribution in [3.05, 3.63) is 58.3 Å². The lowest BCUT2D eigenvalue weighted by molar-refractivity contribution is 0.852. The lowest BCUT2D eigenvalue weighted by atomic mass is 9.95. The van der Waals surface area contributed by atoms with Gasteiger partial charge in [-0.1, -0.05) is 30.3 Å². The van der Waals surface area contributed by atoms with Crippen LogP contribution in [0.1, 0.15) is 17.0 Å². The SMILES string of the molecule is N#CC(Cc1ccsc1)c1ccccc1. The van der Waals surface area contributed by atoms with Crippen molar-refractivity contribution in [2.75, 3.05) is 0 Å². The van der Waals surface area contributed by atoms with Gasteiger partial charge in [-0.15, -0.1) is 0 Å². The molecule has 74 valence electrons. The predicted molar refractivity (Wildman–Crippen MR) is 62.8 cm³/mol. The summed E-state index contributed by atoms with van der Waals surface area (Å²) in [6, 6.07) is 14.4. The molecule has 0 aliphatic carbocycles. The molecule has 0 saturated heterocycles. The number of hydrogen-bond acceptors (Lipinski definition) is 2. The van der Waals surface area contributed by atoms with Crippen molar-refractivity contribution < 1.29 is 0 Å². The fourth-order valence-electron chi connectivity index (χ4n) is 1.57. The molecule has 0 aliphatic rings. The molecular weight excluding hydrogens is 202 g/mol. The van der Waals surface area contributed by atoms with Crippen LogP contribution in [0.4, 0.5) is 0 Å². The average molecular weight is 213 g/mol. The van der Waals surface area contributed by atoms with Crippen LogP contribution in [0.2, 0.25) is 0 Å². The maximum Gasteiger partial charge on any atom is 0.0753 e. The fourth-order valence-corrected chi connectivity index (χ4v) is 2.25. The minimum atomic E-state index is -0.0270. The maximum atomic E-state index is 9.13. The molecule has 1 heterocycles. The van der Waals surface area contributed by atoms with Gasteiger partial charge < -0.3 is 0 Å². The summed E-state index contributed by atoms with van der Waals surface area (Å²) in [5.41, 5.74) is 2.35. The Kier molecular flexibility index (Phi) is 3.16. The molecule has 2 heteroatoms. The van der Waals surface area contributed by atoms with Gasteiger partial charge in [-0.05, 0) is 34.4 Å². The molecule has 0 radical (unpaired) electrons. The Labute approximate surface area is 93.6 Å². The van der Waals surface area contributed by atoms with Crippen molar-refractivity contribution in [2.24, 2.45) is 0 Å². The largest absolute Gasteiger partial charge is 0.198 e. The molecule has 0 spiro atoms. The number of nitrogens with zero attached hydrogens (tertiary/aromatic N) is 1. The monoisotopic (exact) mass is 213 g/mol. The fraction of sp³-hybridized carbons (Fsp3) is 0.154. The van der Waals surface area contributed by atoms with Gasteiger partial charge in [0.05, 0.1) is 12.0 Å². The van der Waals surface area contributed by atoms with Crippen LogP contribution < -0.4 is 0 Å². The van der Waals surface area contributed by atoms with Gasteiger partial charge in [-0.3, -0.25) is 0 Å². The van der Waals surface area contributed by atoms with Crippen LogP contribution in [0.15, 0.2) is 47.2 Å². The van der Waals surface area contributed by atoms with Crippen molar-refractivity contribution >= 4 is 11.3 Å². The highest BCUT2D eigenvalue weighted by molar-refractivity contribution is 7.07. The molecule has 1 aromatic heterocycles. The molecule has 1 atom stereocenters. The zero-order valence-electron chi connectivity index (χ0n) is 8.26. The number of benzene rings is 1. The maximum absolute atomic E-state index is 9.13. The molecular formula is C13H11NS. The van der Waals surface area contributed by atoms with Crippen molar-refractivity contribution in [3.63, 3.8) is 0 Å². The lowest BCUT2D eigenvalue weighted by Crippen LogP contribution is -1.98. The molecule has 2 aromatic rings. The summed E-state index contributed by atoms with van der Waals surface area (Å²) in [7, 11) is 0. The zero-order valence-corrected chi connectivity index (χ0v) is 9.08. The second-order valence-corrected chi connectivity index (χ2v) is 4.21. The van der Waals surface area contributed by atoms with Crippen LogP contribution in [0.5, 0.6) is 0 Å². The zero-order chi connectivity index (χ0) is 10.5. The van der Waals surface area contributed by atoms with Gasteiger partial charge in [-0.25, -0.2) is 0 Å². The van der Waals surface area contributed by atoms with Crippen LogP contribution in [-0.4, -0.2) is 0 Å². The molecule has 0 aliphatic heterocycles. The standard InChI is InChI=1S/C13H11NS/c14-9-13(8-11-6-7-15-10-11)12-4-2-1-3-5-12/h1-7,10,13H,8H2. The highest BCUT2D eigenvalue weighted by Gasteiger charge is 2.10. The minimum absolute atomic E-state index is 0.0270. The van der Waals surface area contributed by atoms with E-state index in [-0.39, 0.29) is 5.92 Å². The Bertz CT molecular complexity index is 439. The predicted octanol–water partition coefficient (Wildman–Crippen LogP) is 3.60. The quantitative estimate of drug-likeness (QED) is 0.764. The van der Waals surface area contributed by atoms with Crippen molar-refractivity contribution in [2.45, 2.75) is 12.3 Å². The lowest BCUT2D eigenvalue weighted by Gasteiger charge is -2.07. The highest BCUT2D eigenvalue weighted by atomic mass is 32.1. The van der Waals surface area contributed by atoms with E-state index >= 15 is 0 Å². The third-order valence-corrected chi connectivity index (χ3v) is 3.11. The number of rotatable bonds is 3. The van der Waals surface area contributed by atoms with E-state index in [0.717, 1.165) is 12.0 Å². The Morgan fingerprint density at radius 1 is 1.20 bits per heavy atom. The van der Waals surface area contributed by atoms with E-state index in [0.29, 0.717) is 0 Å². The average Bonchev–Trinajstić information content (AvgIpc) is 2.80. The van der Waals surface area contributed by atoms with E-state index in [4.69, 9.17) is 5.26 Å². The molecule has 0 N–H and O–H groups in total. The summed E-state index contributed by atoms with van der Waals surface area (Å²) in [5.74, 6) is -0.0270. The van der Waals surface area contributed by atoms with Crippen molar-refractivity contribution in [3.8, 4) is 6.07 Å². The Morgan fingerprint density at radius 3 is 2.60 bits per heavy atom. The van der Waals surface area contributed by atoms with Gasteiger partial charge in [0.2, 0.25) is 0 Å². The van der Waals surface area contributed by atoms with Gasteiger partial charge in [0.25, 0.3) is 0 Å². The molecule has 1 unspecified atom stereocenters. The third-order valence-electron chi connectivity index (χ3n) is 2.38. The summed E-state index contributed by atoms with van der Waals surface area (Å²) in [6.07, 6.45) is 0.810. The van der Waals surface area contributed by atoms with E-state index < -0.39 is 0 Å². The topological polar surface area (TPSA) is 23.8 Å². The number of hydrogen-bond donors (Lipinski definition) is 0. The molecule has 0 amide bonds. The molecule has 0 fully saturated rings. The summed E-state index contributed by atoms with van der Waals surface area (Å²) in [5, 5.41) is 13.3. The van der Waals surface area contributed by atoms with Crippen molar-refractivity contribution in [1.29, 1.82) is 5.26 Å². The van der Waals surface area contributed by atoms with Gasteiger partial charge in [0, 0.05) is 0 Å². The number of nitriles is 1. The molecule has 15 heavy (non-hydrogen) atoms. The van der Waals surface area contributed by atoms with Gasteiger partial charge >= 0.3 is 0 Å². The van der Waals surface area contributed by atoms with E-state index in [1.807, 2.05) is 30.3 Å². The molecule has 0 bridgehead atoms. The first-order chi connectivity index (χ1) is 7.40. The second-order valence-electron chi connectivity index (χ2n) is 3.43. The Balaban J connectivity index is 2.16. The summed E-state index contributed by atoms with van der Waals surface area (Å²) >= 11 is 1.68. The normalized spacial score (nSPS) is 11.9. The van der Waals surface area contributed by atoms with E-state index in [9.17, 15) is 0 Å². The third kappa shape index (κ3) is 2.45. The smallest absolute Gasteiger partial charge is 0.0753 e. The van der Waals surface area contributed by atoms with Crippen LogP contribution >= 0.6 is 11.3 Å². The Morgan fingerprint density at radius 2 is 2.00 bits per heavy atom. The van der Waals surface area contributed by atoms with Crippen LogP contribution in [0, 0.1) is 11.3 Å².